The standard InChI is InChI=1S/C15H25N5O2S/c1-20-12(18-19-15(20)23)7-8-16-14(22)10-17-13(21)9-11-5-3-2-4-6-11/h11H,2-10H2,1H3,(H,16,22)(H,17,21)(H,19,23). The molecule has 3 N–H and O–H groups in total. The molecule has 1 aliphatic rings. The molecule has 1 aliphatic carbocycles. The highest BCUT2D eigenvalue weighted by atomic mass is 32.1. The van der Waals surface area contributed by atoms with Crippen LogP contribution < -0.4 is 10.6 Å². The first kappa shape index (κ1) is 17.7. The molecule has 128 valence electrons. The summed E-state index contributed by atoms with van der Waals surface area (Å²) in [5.41, 5.74) is 0. The van der Waals surface area contributed by atoms with Crippen LogP contribution >= 0.6 is 12.2 Å². The van der Waals surface area contributed by atoms with E-state index >= 15 is 0 Å². The zero-order chi connectivity index (χ0) is 16.7. The SMILES string of the molecule is Cn1c(CCNC(=O)CNC(=O)CC2CCCCC2)n[nH]c1=S. The van der Waals surface area contributed by atoms with Crippen LogP contribution in [0.3, 0.4) is 0 Å². The van der Waals surface area contributed by atoms with Crippen molar-refractivity contribution in [3.8, 4) is 0 Å². The van der Waals surface area contributed by atoms with Crippen molar-refractivity contribution in [1.29, 1.82) is 0 Å². The smallest absolute Gasteiger partial charge is 0.239 e. The van der Waals surface area contributed by atoms with Gasteiger partial charge in [-0.05, 0) is 31.0 Å². The van der Waals surface area contributed by atoms with Crippen LogP contribution in [0.1, 0.15) is 44.3 Å². The fourth-order valence-corrected chi connectivity index (χ4v) is 3.03. The maximum Gasteiger partial charge on any atom is 0.239 e. The fourth-order valence-electron chi connectivity index (χ4n) is 2.88. The number of H-pyrrole nitrogens is 1. The van der Waals surface area contributed by atoms with E-state index in [2.05, 4.69) is 20.8 Å². The second-order valence-corrected chi connectivity index (χ2v) is 6.48. The van der Waals surface area contributed by atoms with Gasteiger partial charge in [0.15, 0.2) is 4.77 Å². The van der Waals surface area contributed by atoms with Gasteiger partial charge in [0.2, 0.25) is 11.8 Å². The molecular formula is C15H25N5O2S. The van der Waals surface area contributed by atoms with E-state index in [0.717, 1.165) is 18.7 Å². The molecule has 8 heteroatoms. The Hall–Kier alpha value is -1.70. The Bertz CT molecular complexity index is 589. The van der Waals surface area contributed by atoms with Crippen LogP contribution in [0.15, 0.2) is 0 Å². The van der Waals surface area contributed by atoms with Gasteiger partial charge >= 0.3 is 0 Å². The molecule has 1 aromatic heterocycles. The monoisotopic (exact) mass is 339 g/mol. The molecule has 2 amide bonds. The molecule has 1 heterocycles. The molecule has 0 aliphatic heterocycles. The number of carbonyl (C=O) groups is 2. The van der Waals surface area contributed by atoms with Crippen molar-refractivity contribution < 1.29 is 9.59 Å². The third-order valence-corrected chi connectivity index (χ3v) is 4.65. The van der Waals surface area contributed by atoms with Crippen molar-refractivity contribution in [2.75, 3.05) is 13.1 Å². The van der Waals surface area contributed by atoms with Gasteiger partial charge in [-0.2, -0.15) is 5.10 Å². The Morgan fingerprint density at radius 3 is 2.65 bits per heavy atom. The largest absolute Gasteiger partial charge is 0.354 e. The minimum Gasteiger partial charge on any atom is -0.354 e. The Labute approximate surface area is 141 Å². The number of hydrogen-bond donors (Lipinski definition) is 3. The normalized spacial score (nSPS) is 15.3. The number of carbonyl (C=O) groups excluding carboxylic acids is 2. The Kier molecular flexibility index (Phi) is 6.76. The molecule has 0 bridgehead atoms. The quantitative estimate of drug-likeness (QED) is 0.652. The van der Waals surface area contributed by atoms with Gasteiger partial charge in [-0.1, -0.05) is 19.3 Å². The van der Waals surface area contributed by atoms with Crippen LogP contribution in [-0.4, -0.2) is 39.7 Å². The summed E-state index contributed by atoms with van der Waals surface area (Å²) in [6, 6.07) is 0. The zero-order valence-corrected chi connectivity index (χ0v) is 14.4. The molecule has 0 aromatic carbocycles. The highest BCUT2D eigenvalue weighted by Crippen LogP contribution is 2.25. The summed E-state index contributed by atoms with van der Waals surface area (Å²) in [6.07, 6.45) is 7.10. The topological polar surface area (TPSA) is 91.8 Å². The lowest BCUT2D eigenvalue weighted by molar-refractivity contribution is -0.126. The van der Waals surface area contributed by atoms with Crippen LogP contribution in [0.5, 0.6) is 0 Å². The summed E-state index contributed by atoms with van der Waals surface area (Å²) in [7, 11) is 1.83. The number of amides is 2. The van der Waals surface area contributed by atoms with Crippen LogP contribution in [-0.2, 0) is 23.1 Å². The first-order valence-electron chi connectivity index (χ1n) is 8.20. The van der Waals surface area contributed by atoms with Gasteiger partial charge in [-0.3, -0.25) is 14.7 Å². The number of aromatic amines is 1. The maximum absolute atomic E-state index is 11.8. The van der Waals surface area contributed by atoms with Crippen molar-refractivity contribution in [3.63, 3.8) is 0 Å². The van der Waals surface area contributed by atoms with E-state index in [1.807, 2.05) is 7.05 Å². The van der Waals surface area contributed by atoms with Crippen molar-refractivity contribution in [2.45, 2.75) is 44.9 Å². The van der Waals surface area contributed by atoms with Crippen LogP contribution in [0.2, 0.25) is 0 Å². The third-order valence-electron chi connectivity index (χ3n) is 4.29. The van der Waals surface area contributed by atoms with Gasteiger partial charge in [0.05, 0.1) is 6.54 Å². The van der Waals surface area contributed by atoms with Gasteiger partial charge in [-0.15, -0.1) is 0 Å². The van der Waals surface area contributed by atoms with Crippen LogP contribution in [0.4, 0.5) is 0 Å². The summed E-state index contributed by atoms with van der Waals surface area (Å²) in [6.45, 7) is 0.495. The van der Waals surface area contributed by atoms with Crippen molar-refractivity contribution >= 4 is 24.0 Å². The van der Waals surface area contributed by atoms with Crippen molar-refractivity contribution in [2.24, 2.45) is 13.0 Å². The number of aromatic nitrogens is 3. The molecule has 23 heavy (non-hydrogen) atoms. The fraction of sp³-hybridized carbons (Fsp3) is 0.733. The predicted octanol–water partition coefficient (Wildman–Crippen LogP) is 1.22. The summed E-state index contributed by atoms with van der Waals surface area (Å²) >= 11 is 5.02. The Morgan fingerprint density at radius 1 is 1.26 bits per heavy atom. The molecule has 7 nitrogen and oxygen atoms in total. The van der Waals surface area contributed by atoms with Gasteiger partial charge in [0.25, 0.3) is 0 Å². The first-order valence-corrected chi connectivity index (χ1v) is 8.60. The van der Waals surface area contributed by atoms with Crippen LogP contribution in [0.25, 0.3) is 0 Å². The molecule has 1 saturated carbocycles. The minimum absolute atomic E-state index is 0.0264. The number of nitrogens with one attached hydrogen (secondary N) is 3. The summed E-state index contributed by atoms with van der Waals surface area (Å²) < 4.78 is 2.33. The highest BCUT2D eigenvalue weighted by molar-refractivity contribution is 7.71. The number of hydrogen-bond acceptors (Lipinski definition) is 4. The predicted molar refractivity (Wildman–Crippen MR) is 89.3 cm³/mol. The van der Waals surface area contributed by atoms with E-state index < -0.39 is 0 Å². The summed E-state index contributed by atoms with van der Waals surface area (Å²) in [4.78, 5) is 23.6. The average molecular weight is 339 g/mol. The Balaban J connectivity index is 1.60. The van der Waals surface area contributed by atoms with E-state index in [1.54, 1.807) is 4.57 Å². The van der Waals surface area contributed by atoms with Gasteiger partial charge in [-0.25, -0.2) is 0 Å². The van der Waals surface area contributed by atoms with Gasteiger partial charge in [0.1, 0.15) is 5.82 Å². The van der Waals surface area contributed by atoms with E-state index in [4.69, 9.17) is 12.2 Å². The van der Waals surface area contributed by atoms with Gasteiger partial charge < -0.3 is 15.2 Å². The van der Waals surface area contributed by atoms with E-state index in [1.165, 1.54) is 19.3 Å². The molecule has 1 fully saturated rings. The van der Waals surface area contributed by atoms with E-state index in [9.17, 15) is 9.59 Å². The zero-order valence-electron chi connectivity index (χ0n) is 13.6. The van der Waals surface area contributed by atoms with Crippen molar-refractivity contribution in [1.82, 2.24) is 25.4 Å². The number of rotatable bonds is 7. The maximum atomic E-state index is 11.8. The molecule has 0 saturated heterocycles. The second kappa shape index (κ2) is 8.81. The lowest BCUT2D eigenvalue weighted by Crippen LogP contribution is -2.38. The minimum atomic E-state index is -0.182. The van der Waals surface area contributed by atoms with Crippen molar-refractivity contribution in [3.05, 3.63) is 10.6 Å². The number of nitrogens with zero attached hydrogens (tertiary/aromatic N) is 2. The first-order chi connectivity index (χ1) is 11.1. The molecule has 0 unspecified atom stereocenters. The average Bonchev–Trinajstić information content (AvgIpc) is 2.86. The van der Waals surface area contributed by atoms with E-state index in [0.29, 0.717) is 30.1 Å². The summed E-state index contributed by atoms with van der Waals surface area (Å²) in [5.74, 6) is 1.07. The van der Waals surface area contributed by atoms with Crippen LogP contribution in [0, 0.1) is 10.7 Å². The molecule has 0 atom stereocenters. The van der Waals surface area contributed by atoms with E-state index in [-0.39, 0.29) is 18.4 Å². The summed E-state index contributed by atoms with van der Waals surface area (Å²) in [5, 5.41) is 12.2. The third kappa shape index (κ3) is 5.78. The highest BCUT2D eigenvalue weighted by Gasteiger charge is 2.17. The molecule has 1 aromatic rings. The molecular weight excluding hydrogens is 314 g/mol. The lowest BCUT2D eigenvalue weighted by Gasteiger charge is -2.20. The molecule has 0 spiro atoms. The molecule has 0 radical (unpaired) electrons. The lowest BCUT2D eigenvalue weighted by atomic mass is 9.87. The second-order valence-electron chi connectivity index (χ2n) is 6.09. The Morgan fingerprint density at radius 2 is 2.00 bits per heavy atom. The van der Waals surface area contributed by atoms with Gasteiger partial charge in [0, 0.05) is 26.4 Å². The molecule has 2 rings (SSSR count).